The summed E-state index contributed by atoms with van der Waals surface area (Å²) in [6.07, 6.45) is 3.52. The van der Waals surface area contributed by atoms with Crippen molar-refractivity contribution in [1.29, 1.82) is 0 Å². The topological polar surface area (TPSA) is 49.8 Å². The van der Waals surface area contributed by atoms with E-state index < -0.39 is 5.82 Å². The Balaban J connectivity index is 2.06. The fraction of sp³-hybridized carbons (Fsp3) is 0.562. The number of carbonyl (C=O) groups excluding carboxylic acids is 1. The molecule has 0 aliphatic heterocycles. The van der Waals surface area contributed by atoms with Crippen LogP contribution in [0.1, 0.15) is 36.0 Å². The van der Waals surface area contributed by atoms with Crippen LogP contribution in [0.25, 0.3) is 0 Å². The first-order valence-electron chi connectivity index (χ1n) is 7.28. The number of hydrogen-bond acceptors (Lipinski definition) is 3. The van der Waals surface area contributed by atoms with E-state index >= 15 is 0 Å². The Kier molecular flexibility index (Phi) is 5.17. The number of halogens is 1. The van der Waals surface area contributed by atoms with Crippen LogP contribution in [0.5, 0.6) is 5.75 Å². The lowest BCUT2D eigenvalue weighted by molar-refractivity contribution is 0.0648. The zero-order valence-corrected chi connectivity index (χ0v) is 12.5. The highest BCUT2D eigenvalue weighted by atomic mass is 19.1. The van der Waals surface area contributed by atoms with E-state index in [1.165, 1.54) is 19.2 Å². The fourth-order valence-electron chi connectivity index (χ4n) is 2.87. The normalized spacial score (nSPS) is 21.9. The fourth-order valence-corrected chi connectivity index (χ4v) is 2.87. The van der Waals surface area contributed by atoms with Crippen LogP contribution in [-0.4, -0.2) is 42.7 Å². The molecule has 1 aliphatic carbocycles. The van der Waals surface area contributed by atoms with E-state index in [1.807, 2.05) is 0 Å². The molecular formula is C16H22FNO3. The monoisotopic (exact) mass is 295 g/mol. The maximum Gasteiger partial charge on any atom is 0.256 e. The van der Waals surface area contributed by atoms with Crippen LogP contribution in [0.4, 0.5) is 4.39 Å². The number of nitrogens with zero attached hydrogens (tertiary/aromatic N) is 1. The summed E-state index contributed by atoms with van der Waals surface area (Å²) in [6, 6.07) is 4.39. The van der Waals surface area contributed by atoms with Gasteiger partial charge in [-0.15, -0.1) is 0 Å². The van der Waals surface area contributed by atoms with Crippen LogP contribution in [-0.2, 0) is 0 Å². The summed E-state index contributed by atoms with van der Waals surface area (Å²) in [5.41, 5.74) is 0.0718. The van der Waals surface area contributed by atoms with Gasteiger partial charge in [0.2, 0.25) is 0 Å². The molecule has 1 N–H and O–H groups in total. The van der Waals surface area contributed by atoms with Crippen molar-refractivity contribution >= 4 is 5.91 Å². The lowest BCUT2D eigenvalue weighted by Crippen LogP contribution is -2.40. The molecule has 1 saturated carbocycles. The van der Waals surface area contributed by atoms with Crippen LogP contribution in [0.2, 0.25) is 0 Å². The number of rotatable bonds is 4. The maximum atomic E-state index is 14.0. The molecule has 0 radical (unpaired) electrons. The molecule has 4 nitrogen and oxygen atoms in total. The van der Waals surface area contributed by atoms with E-state index in [2.05, 4.69) is 0 Å². The third kappa shape index (κ3) is 3.53. The zero-order valence-electron chi connectivity index (χ0n) is 12.5. The molecule has 1 fully saturated rings. The number of aliphatic hydroxyl groups is 1. The summed E-state index contributed by atoms with van der Waals surface area (Å²) in [7, 11) is 3.18. The van der Waals surface area contributed by atoms with Crippen LogP contribution >= 0.6 is 0 Å². The average Bonchev–Trinajstić information content (AvgIpc) is 2.53. The summed E-state index contributed by atoms with van der Waals surface area (Å²) in [5, 5.41) is 9.15. The van der Waals surface area contributed by atoms with Crippen molar-refractivity contribution in [3.63, 3.8) is 0 Å². The van der Waals surface area contributed by atoms with Gasteiger partial charge >= 0.3 is 0 Å². The molecule has 2 rings (SSSR count). The van der Waals surface area contributed by atoms with E-state index in [4.69, 9.17) is 9.84 Å². The molecule has 0 heterocycles. The standard InChI is InChI=1S/C16H22FNO3/c1-18(12-5-3-11(10-19)4-6-12)16(20)14-8-7-13(21-2)9-15(14)17/h7-9,11-12,19H,3-6,10H2,1-2H3. The van der Waals surface area contributed by atoms with Crippen molar-refractivity contribution in [1.82, 2.24) is 4.90 Å². The Hall–Kier alpha value is -1.62. The summed E-state index contributed by atoms with van der Waals surface area (Å²) < 4.78 is 18.9. The Morgan fingerprint density at radius 3 is 2.57 bits per heavy atom. The van der Waals surface area contributed by atoms with Crippen molar-refractivity contribution in [2.24, 2.45) is 5.92 Å². The Bertz CT molecular complexity index is 498. The van der Waals surface area contributed by atoms with Gasteiger partial charge in [-0.05, 0) is 43.7 Å². The van der Waals surface area contributed by atoms with Gasteiger partial charge in [-0.25, -0.2) is 4.39 Å². The van der Waals surface area contributed by atoms with Gasteiger partial charge in [0.05, 0.1) is 12.7 Å². The SMILES string of the molecule is COc1ccc(C(=O)N(C)C2CCC(CO)CC2)c(F)c1. The lowest BCUT2D eigenvalue weighted by Gasteiger charge is -2.34. The molecule has 21 heavy (non-hydrogen) atoms. The number of benzene rings is 1. The average molecular weight is 295 g/mol. The van der Waals surface area contributed by atoms with Crippen molar-refractivity contribution in [3.8, 4) is 5.75 Å². The van der Waals surface area contributed by atoms with Crippen molar-refractivity contribution in [2.45, 2.75) is 31.7 Å². The van der Waals surface area contributed by atoms with Crippen LogP contribution in [0.15, 0.2) is 18.2 Å². The molecule has 1 aromatic rings. The molecule has 0 saturated heterocycles. The Labute approximate surface area is 124 Å². The molecule has 1 aliphatic rings. The molecule has 0 atom stereocenters. The van der Waals surface area contributed by atoms with Gasteiger partial charge in [0, 0.05) is 25.8 Å². The molecule has 0 aromatic heterocycles. The number of methoxy groups -OCH3 is 1. The number of ether oxygens (including phenoxy) is 1. The van der Waals surface area contributed by atoms with Gasteiger partial charge in [-0.1, -0.05) is 0 Å². The second-order valence-electron chi connectivity index (χ2n) is 5.62. The summed E-state index contributed by atoms with van der Waals surface area (Å²) in [6.45, 7) is 0.206. The van der Waals surface area contributed by atoms with E-state index in [0.717, 1.165) is 25.7 Å². The van der Waals surface area contributed by atoms with Gasteiger partial charge < -0.3 is 14.7 Å². The van der Waals surface area contributed by atoms with Gasteiger partial charge in [-0.2, -0.15) is 0 Å². The third-order valence-electron chi connectivity index (χ3n) is 4.35. The highest BCUT2D eigenvalue weighted by Crippen LogP contribution is 2.28. The van der Waals surface area contributed by atoms with Gasteiger partial charge in [0.25, 0.3) is 5.91 Å². The second-order valence-corrected chi connectivity index (χ2v) is 5.62. The molecule has 0 unspecified atom stereocenters. The predicted molar refractivity (Wildman–Crippen MR) is 77.9 cm³/mol. The van der Waals surface area contributed by atoms with Gasteiger partial charge in [0.1, 0.15) is 11.6 Å². The largest absolute Gasteiger partial charge is 0.497 e. The quantitative estimate of drug-likeness (QED) is 0.928. The summed E-state index contributed by atoms with van der Waals surface area (Å²) in [4.78, 5) is 14.0. The van der Waals surface area contributed by atoms with Crippen molar-refractivity contribution < 1.29 is 19.0 Å². The van der Waals surface area contributed by atoms with Crippen LogP contribution in [0.3, 0.4) is 0 Å². The first kappa shape index (κ1) is 15.8. The van der Waals surface area contributed by atoms with Crippen molar-refractivity contribution in [3.05, 3.63) is 29.6 Å². The Morgan fingerprint density at radius 2 is 2.05 bits per heavy atom. The zero-order chi connectivity index (χ0) is 15.4. The first-order chi connectivity index (χ1) is 10.1. The summed E-state index contributed by atoms with van der Waals surface area (Å²) >= 11 is 0. The first-order valence-corrected chi connectivity index (χ1v) is 7.28. The van der Waals surface area contributed by atoms with Gasteiger partial charge in [-0.3, -0.25) is 4.79 Å². The predicted octanol–water partition coefficient (Wildman–Crippen LogP) is 2.46. The molecule has 116 valence electrons. The molecule has 0 bridgehead atoms. The molecule has 0 spiro atoms. The minimum atomic E-state index is -0.560. The molecule has 1 amide bonds. The smallest absolute Gasteiger partial charge is 0.256 e. The van der Waals surface area contributed by atoms with Crippen molar-refractivity contribution in [2.75, 3.05) is 20.8 Å². The lowest BCUT2D eigenvalue weighted by atomic mass is 9.86. The van der Waals surface area contributed by atoms with Crippen LogP contribution < -0.4 is 4.74 Å². The molecule has 1 aromatic carbocycles. The summed E-state index contributed by atoms with van der Waals surface area (Å²) in [5.74, 6) is -0.129. The minimum Gasteiger partial charge on any atom is -0.497 e. The number of carbonyl (C=O) groups is 1. The van der Waals surface area contributed by atoms with Gasteiger partial charge in [0.15, 0.2) is 0 Å². The second kappa shape index (κ2) is 6.89. The number of hydrogen-bond donors (Lipinski definition) is 1. The van der Waals surface area contributed by atoms with E-state index in [1.54, 1.807) is 18.0 Å². The van der Waals surface area contributed by atoms with Crippen LogP contribution in [0, 0.1) is 11.7 Å². The number of aliphatic hydroxyl groups excluding tert-OH is 1. The molecular weight excluding hydrogens is 273 g/mol. The van der Waals surface area contributed by atoms with E-state index in [-0.39, 0.29) is 24.1 Å². The Morgan fingerprint density at radius 1 is 1.38 bits per heavy atom. The van der Waals surface area contributed by atoms with E-state index in [0.29, 0.717) is 11.7 Å². The minimum absolute atomic E-state index is 0.0718. The highest BCUT2D eigenvalue weighted by Gasteiger charge is 2.27. The van der Waals surface area contributed by atoms with E-state index in [9.17, 15) is 9.18 Å². The maximum absolute atomic E-state index is 14.0. The third-order valence-corrected chi connectivity index (χ3v) is 4.35. The highest BCUT2D eigenvalue weighted by molar-refractivity contribution is 5.94. The molecule has 5 heteroatoms. The number of amides is 1.